The molecule has 15 heavy (non-hydrogen) atoms. The van der Waals surface area contributed by atoms with Gasteiger partial charge in [0, 0.05) is 12.8 Å². The monoisotopic (exact) mass is 296 g/mol. The highest BCUT2D eigenvalue weighted by Crippen LogP contribution is 2.24. The van der Waals surface area contributed by atoms with Crippen molar-refractivity contribution in [3.05, 3.63) is 0 Å². The van der Waals surface area contributed by atoms with Gasteiger partial charge in [-0.2, -0.15) is 0 Å². The van der Waals surface area contributed by atoms with Gasteiger partial charge in [-0.15, -0.1) is 46.4 Å². The summed E-state index contributed by atoms with van der Waals surface area (Å²) in [6.07, 6.45) is 1.12. The molecule has 0 heterocycles. The van der Waals surface area contributed by atoms with Crippen LogP contribution in [0.2, 0.25) is 0 Å². The summed E-state index contributed by atoms with van der Waals surface area (Å²) in [6.45, 7) is 4.55. The first kappa shape index (κ1) is 16.1. The second-order valence-corrected chi connectivity index (χ2v) is 7.30. The predicted molar refractivity (Wildman–Crippen MR) is 66.2 cm³/mol. The van der Waals surface area contributed by atoms with E-state index in [-0.39, 0.29) is 6.79 Å². The van der Waals surface area contributed by atoms with Crippen LogP contribution in [0.5, 0.6) is 0 Å². The molecule has 0 amide bonds. The van der Waals surface area contributed by atoms with Crippen LogP contribution >= 0.6 is 46.4 Å². The second kappa shape index (κ2) is 7.41. The van der Waals surface area contributed by atoms with Crippen molar-refractivity contribution in [2.75, 3.05) is 20.0 Å². The van der Waals surface area contributed by atoms with Crippen molar-refractivity contribution in [2.45, 2.75) is 35.4 Å². The van der Waals surface area contributed by atoms with Crippen molar-refractivity contribution in [1.82, 2.24) is 0 Å². The molecule has 92 valence electrons. The van der Waals surface area contributed by atoms with Crippen LogP contribution in [0.3, 0.4) is 0 Å². The van der Waals surface area contributed by atoms with Crippen molar-refractivity contribution in [1.29, 1.82) is 0 Å². The van der Waals surface area contributed by atoms with Gasteiger partial charge in [-0.25, -0.2) is 0 Å². The first-order chi connectivity index (χ1) is 6.71. The van der Waals surface area contributed by atoms with Crippen LogP contribution in [0, 0.1) is 0 Å². The third kappa shape index (κ3) is 15.1. The average molecular weight is 298 g/mol. The number of halogens is 4. The third-order valence-electron chi connectivity index (χ3n) is 1.54. The zero-order valence-electron chi connectivity index (χ0n) is 8.86. The fourth-order valence-corrected chi connectivity index (χ4v) is 0.988. The summed E-state index contributed by atoms with van der Waals surface area (Å²) in [5.74, 6) is 0. The molecule has 0 saturated carbocycles. The summed E-state index contributed by atoms with van der Waals surface area (Å²) < 4.78 is 8.80. The molecule has 0 unspecified atom stereocenters. The van der Waals surface area contributed by atoms with Crippen LogP contribution in [0.4, 0.5) is 0 Å². The van der Waals surface area contributed by atoms with E-state index in [4.69, 9.17) is 55.9 Å². The van der Waals surface area contributed by atoms with Crippen molar-refractivity contribution in [2.24, 2.45) is 0 Å². The minimum Gasteiger partial charge on any atom is -0.355 e. The molecule has 0 aliphatic carbocycles. The van der Waals surface area contributed by atoms with E-state index >= 15 is 0 Å². The predicted octanol–water partition coefficient (Wildman–Crippen LogP) is 4.14. The maximum atomic E-state index is 5.74. The topological polar surface area (TPSA) is 18.5 Å². The lowest BCUT2D eigenvalue weighted by Crippen LogP contribution is -2.14. The maximum Gasteiger partial charge on any atom is 0.146 e. The Balaban J connectivity index is 3.20. The summed E-state index contributed by atoms with van der Waals surface area (Å²) >= 11 is 23.0. The average Bonchev–Trinajstić information content (AvgIpc) is 1.98. The number of alkyl halides is 4. The first-order valence-electron chi connectivity index (χ1n) is 4.62. The van der Waals surface area contributed by atoms with E-state index in [0.717, 1.165) is 0 Å². The van der Waals surface area contributed by atoms with Crippen LogP contribution in [-0.4, -0.2) is 28.7 Å². The van der Waals surface area contributed by atoms with Crippen LogP contribution < -0.4 is 0 Å². The largest absolute Gasteiger partial charge is 0.355 e. The van der Waals surface area contributed by atoms with Crippen molar-refractivity contribution in [3.8, 4) is 0 Å². The van der Waals surface area contributed by atoms with Gasteiger partial charge in [0.05, 0.1) is 13.2 Å². The van der Waals surface area contributed by atoms with E-state index in [1.807, 2.05) is 0 Å². The molecule has 2 nitrogen and oxygen atoms in total. The highest BCUT2D eigenvalue weighted by Gasteiger charge is 2.16. The molecule has 0 aliphatic heterocycles. The van der Waals surface area contributed by atoms with E-state index < -0.39 is 8.67 Å². The Morgan fingerprint density at radius 2 is 1.13 bits per heavy atom. The Labute approximate surface area is 111 Å². The van der Waals surface area contributed by atoms with Crippen LogP contribution in [0.15, 0.2) is 0 Å². The SMILES string of the molecule is CC(Cl)(Cl)CCOCOCCC(C)(Cl)Cl. The van der Waals surface area contributed by atoms with Crippen molar-refractivity contribution in [3.63, 3.8) is 0 Å². The zero-order valence-corrected chi connectivity index (χ0v) is 11.9. The van der Waals surface area contributed by atoms with E-state index in [0.29, 0.717) is 26.1 Å². The van der Waals surface area contributed by atoms with Gasteiger partial charge < -0.3 is 9.47 Å². The number of hydrogen-bond acceptors (Lipinski definition) is 2. The zero-order chi connectivity index (χ0) is 11.9. The maximum absolute atomic E-state index is 5.74. The minimum absolute atomic E-state index is 0.202. The summed E-state index contributed by atoms with van der Waals surface area (Å²) in [4.78, 5) is 0. The van der Waals surface area contributed by atoms with E-state index in [2.05, 4.69) is 0 Å². The molecule has 0 rings (SSSR count). The molecular weight excluding hydrogens is 282 g/mol. The number of rotatable bonds is 8. The molecule has 0 aromatic heterocycles. The molecule has 0 atom stereocenters. The van der Waals surface area contributed by atoms with Gasteiger partial charge in [0.15, 0.2) is 0 Å². The highest BCUT2D eigenvalue weighted by atomic mass is 35.5. The normalized spacial score (nSPS) is 13.2. The number of hydrogen-bond donors (Lipinski definition) is 0. The molecule has 0 saturated heterocycles. The van der Waals surface area contributed by atoms with E-state index in [1.165, 1.54) is 0 Å². The number of ether oxygens (including phenoxy) is 2. The van der Waals surface area contributed by atoms with E-state index in [9.17, 15) is 0 Å². The Bertz CT molecular complexity index is 144. The minimum atomic E-state index is -0.745. The van der Waals surface area contributed by atoms with Gasteiger partial charge in [0.25, 0.3) is 0 Å². The van der Waals surface area contributed by atoms with Gasteiger partial charge in [0.2, 0.25) is 0 Å². The Morgan fingerprint density at radius 1 is 0.800 bits per heavy atom. The van der Waals surface area contributed by atoms with Gasteiger partial charge in [-0.05, 0) is 13.8 Å². The Hall–Kier alpha value is 1.08. The summed E-state index contributed by atoms with van der Waals surface area (Å²) in [5.41, 5.74) is 0. The lowest BCUT2D eigenvalue weighted by molar-refractivity contribution is -0.0556. The molecule has 0 aromatic rings. The van der Waals surface area contributed by atoms with Crippen LogP contribution in [0.25, 0.3) is 0 Å². The van der Waals surface area contributed by atoms with Gasteiger partial charge in [-0.3, -0.25) is 0 Å². The van der Waals surface area contributed by atoms with Crippen molar-refractivity contribution >= 4 is 46.4 Å². The fraction of sp³-hybridized carbons (Fsp3) is 1.00. The molecule has 0 N–H and O–H groups in total. The molecule has 6 heteroatoms. The summed E-state index contributed by atoms with van der Waals surface area (Å²) in [5, 5.41) is 0. The molecule has 0 fully saturated rings. The Morgan fingerprint density at radius 3 is 1.40 bits per heavy atom. The van der Waals surface area contributed by atoms with Gasteiger partial charge in [-0.1, -0.05) is 0 Å². The molecule has 0 aliphatic rings. The summed E-state index contributed by atoms with van der Waals surface area (Å²) in [6, 6.07) is 0. The highest BCUT2D eigenvalue weighted by molar-refractivity contribution is 6.48. The molecular formula is C9H16Cl4O2. The smallest absolute Gasteiger partial charge is 0.146 e. The van der Waals surface area contributed by atoms with Crippen molar-refractivity contribution < 1.29 is 9.47 Å². The standard InChI is InChI=1S/C9H16Cl4O2/c1-8(10,11)3-5-14-7-15-6-4-9(2,12)13/h3-7H2,1-2H3. The van der Waals surface area contributed by atoms with E-state index in [1.54, 1.807) is 13.8 Å². The quantitative estimate of drug-likeness (QED) is 0.381. The fourth-order valence-electron chi connectivity index (χ4n) is 0.680. The summed E-state index contributed by atoms with van der Waals surface area (Å²) in [7, 11) is 0. The molecule has 0 bridgehead atoms. The Kier molecular flexibility index (Phi) is 7.95. The molecule has 0 radical (unpaired) electrons. The lowest BCUT2D eigenvalue weighted by Gasteiger charge is -2.14. The molecule has 0 spiro atoms. The van der Waals surface area contributed by atoms with Gasteiger partial charge in [0.1, 0.15) is 15.5 Å². The third-order valence-corrected chi connectivity index (χ3v) is 2.29. The first-order valence-corrected chi connectivity index (χ1v) is 6.13. The lowest BCUT2D eigenvalue weighted by atomic mass is 10.3. The second-order valence-electron chi connectivity index (χ2n) is 3.57. The van der Waals surface area contributed by atoms with Gasteiger partial charge >= 0.3 is 0 Å². The van der Waals surface area contributed by atoms with Crippen LogP contribution in [0.1, 0.15) is 26.7 Å². The van der Waals surface area contributed by atoms with Crippen LogP contribution in [-0.2, 0) is 9.47 Å². The molecule has 0 aromatic carbocycles.